The van der Waals surface area contributed by atoms with Crippen LogP contribution >= 0.6 is 0 Å². The summed E-state index contributed by atoms with van der Waals surface area (Å²) in [5.41, 5.74) is 3.67. The van der Waals surface area contributed by atoms with E-state index < -0.39 is 0 Å². The highest BCUT2D eigenvalue weighted by molar-refractivity contribution is 5.78. The second-order valence-corrected chi connectivity index (χ2v) is 5.07. The second-order valence-electron chi connectivity index (χ2n) is 5.07. The van der Waals surface area contributed by atoms with Crippen LogP contribution in [0.15, 0.2) is 29.4 Å². The zero-order valence-corrected chi connectivity index (χ0v) is 12.0. The van der Waals surface area contributed by atoms with Crippen molar-refractivity contribution in [2.45, 2.75) is 33.6 Å². The number of hydrazone groups is 1. The molecule has 1 aromatic carbocycles. The van der Waals surface area contributed by atoms with E-state index in [2.05, 4.69) is 24.4 Å². The number of carbonyl (C=O) groups excluding carboxylic acids is 1. The molecule has 1 N–H and O–H groups in total. The Bertz CT molecular complexity index is 422. The van der Waals surface area contributed by atoms with E-state index in [1.165, 1.54) is 5.56 Å². The van der Waals surface area contributed by atoms with E-state index in [9.17, 15) is 4.79 Å². The number of hydrogen-bond acceptors (Lipinski definition) is 3. The molecular weight excluding hydrogens is 240 g/mol. The van der Waals surface area contributed by atoms with Crippen molar-refractivity contribution in [3.8, 4) is 5.75 Å². The molecule has 4 nitrogen and oxygen atoms in total. The van der Waals surface area contributed by atoms with Gasteiger partial charge in [0.1, 0.15) is 5.75 Å². The third-order valence-corrected chi connectivity index (χ3v) is 2.48. The number of ether oxygens (including phenoxy) is 1. The Balaban J connectivity index is 2.38. The molecule has 0 saturated carbocycles. The van der Waals surface area contributed by atoms with Crippen molar-refractivity contribution in [2.24, 2.45) is 11.0 Å². The van der Waals surface area contributed by atoms with Gasteiger partial charge in [0.2, 0.25) is 0 Å². The van der Waals surface area contributed by atoms with Crippen LogP contribution in [-0.4, -0.2) is 18.7 Å². The summed E-state index contributed by atoms with van der Waals surface area (Å²) in [6.07, 6.45) is 1.68. The number of nitrogens with one attached hydrogen (secondary N) is 1. The summed E-state index contributed by atoms with van der Waals surface area (Å²) in [5.74, 6) is 1.23. The highest BCUT2D eigenvalue weighted by Crippen LogP contribution is 2.18. The van der Waals surface area contributed by atoms with Crippen LogP contribution < -0.4 is 10.2 Å². The average Bonchev–Trinajstić information content (AvgIpc) is 2.36. The number of amides is 1. The molecule has 0 bridgehead atoms. The molecule has 1 amide bonds. The van der Waals surface area contributed by atoms with Crippen LogP contribution in [0.1, 0.15) is 39.2 Å². The highest BCUT2D eigenvalue weighted by atomic mass is 16.5. The van der Waals surface area contributed by atoms with Gasteiger partial charge in [0.15, 0.2) is 6.61 Å². The molecule has 0 atom stereocenters. The predicted octanol–water partition coefficient (Wildman–Crippen LogP) is 2.95. The van der Waals surface area contributed by atoms with Gasteiger partial charge in [-0.25, -0.2) is 5.43 Å². The molecule has 104 valence electrons. The van der Waals surface area contributed by atoms with Gasteiger partial charge in [-0.05, 0) is 29.5 Å². The zero-order chi connectivity index (χ0) is 14.3. The fourth-order valence-electron chi connectivity index (χ4n) is 1.39. The molecule has 0 aliphatic rings. The first-order valence-electron chi connectivity index (χ1n) is 6.54. The average molecular weight is 262 g/mol. The lowest BCUT2D eigenvalue weighted by Crippen LogP contribution is -2.24. The molecule has 0 radical (unpaired) electrons. The first-order valence-corrected chi connectivity index (χ1v) is 6.54. The Labute approximate surface area is 114 Å². The molecule has 1 rings (SSSR count). The van der Waals surface area contributed by atoms with E-state index in [-0.39, 0.29) is 12.5 Å². The number of benzene rings is 1. The first kappa shape index (κ1) is 15.2. The topological polar surface area (TPSA) is 50.7 Å². The van der Waals surface area contributed by atoms with Gasteiger partial charge in [0, 0.05) is 6.21 Å². The van der Waals surface area contributed by atoms with Gasteiger partial charge in [-0.15, -0.1) is 0 Å². The molecule has 19 heavy (non-hydrogen) atoms. The largest absolute Gasteiger partial charge is 0.484 e. The van der Waals surface area contributed by atoms with Crippen LogP contribution in [0.5, 0.6) is 5.75 Å². The van der Waals surface area contributed by atoms with Crippen molar-refractivity contribution < 1.29 is 9.53 Å². The summed E-state index contributed by atoms with van der Waals surface area (Å²) in [6.45, 7) is 8.22. The van der Waals surface area contributed by atoms with E-state index in [4.69, 9.17) is 4.74 Å². The minimum atomic E-state index is -0.259. The molecule has 0 unspecified atom stereocenters. The Kier molecular flexibility index (Phi) is 6.06. The smallest absolute Gasteiger partial charge is 0.277 e. The van der Waals surface area contributed by atoms with Crippen LogP contribution in [0.3, 0.4) is 0 Å². The summed E-state index contributed by atoms with van der Waals surface area (Å²) in [4.78, 5) is 11.4. The minimum Gasteiger partial charge on any atom is -0.484 e. The molecule has 0 saturated heterocycles. The molecule has 0 aromatic heterocycles. The van der Waals surface area contributed by atoms with Crippen LogP contribution in [0.2, 0.25) is 0 Å². The van der Waals surface area contributed by atoms with Crippen molar-refractivity contribution in [1.29, 1.82) is 0 Å². The molecule has 0 spiro atoms. The Morgan fingerprint density at radius 2 is 1.89 bits per heavy atom. The predicted molar refractivity (Wildman–Crippen MR) is 77.5 cm³/mol. The van der Waals surface area contributed by atoms with E-state index in [1.807, 2.05) is 38.1 Å². The van der Waals surface area contributed by atoms with Gasteiger partial charge >= 0.3 is 0 Å². The number of carbonyl (C=O) groups is 1. The molecule has 1 aromatic rings. The molecule has 0 aliphatic heterocycles. The minimum absolute atomic E-state index is 0.0313. The van der Waals surface area contributed by atoms with Crippen molar-refractivity contribution in [1.82, 2.24) is 5.43 Å². The van der Waals surface area contributed by atoms with Crippen LogP contribution in [-0.2, 0) is 4.79 Å². The normalized spacial score (nSPS) is 11.3. The maximum Gasteiger partial charge on any atom is 0.277 e. The van der Waals surface area contributed by atoms with E-state index in [1.54, 1.807) is 6.21 Å². The quantitative estimate of drug-likeness (QED) is 0.633. The molecule has 0 heterocycles. The zero-order valence-electron chi connectivity index (χ0n) is 12.0. The highest BCUT2D eigenvalue weighted by Gasteiger charge is 2.03. The third kappa shape index (κ3) is 6.04. The summed E-state index contributed by atoms with van der Waals surface area (Å²) in [7, 11) is 0. The molecule has 0 fully saturated rings. The SMILES string of the molecule is CC(C)C=NNC(=O)COc1ccc(C(C)C)cc1. The monoisotopic (exact) mass is 262 g/mol. The van der Waals surface area contributed by atoms with Crippen molar-refractivity contribution in [3.05, 3.63) is 29.8 Å². The maximum absolute atomic E-state index is 11.4. The number of nitrogens with zero attached hydrogens (tertiary/aromatic N) is 1. The second kappa shape index (κ2) is 7.56. The molecule has 4 heteroatoms. The first-order chi connectivity index (χ1) is 8.99. The van der Waals surface area contributed by atoms with Crippen LogP contribution in [0, 0.1) is 5.92 Å². The van der Waals surface area contributed by atoms with Crippen molar-refractivity contribution in [3.63, 3.8) is 0 Å². The van der Waals surface area contributed by atoms with Gasteiger partial charge in [-0.1, -0.05) is 39.8 Å². The fourth-order valence-corrected chi connectivity index (χ4v) is 1.39. The van der Waals surface area contributed by atoms with Gasteiger partial charge in [0.05, 0.1) is 0 Å². The van der Waals surface area contributed by atoms with Crippen molar-refractivity contribution >= 4 is 12.1 Å². The third-order valence-electron chi connectivity index (χ3n) is 2.48. The van der Waals surface area contributed by atoms with Crippen molar-refractivity contribution in [2.75, 3.05) is 6.61 Å². The lowest BCUT2D eigenvalue weighted by atomic mass is 10.0. The summed E-state index contributed by atoms with van der Waals surface area (Å²) in [5, 5.41) is 3.82. The summed E-state index contributed by atoms with van der Waals surface area (Å²) < 4.78 is 5.37. The lowest BCUT2D eigenvalue weighted by molar-refractivity contribution is -0.123. The van der Waals surface area contributed by atoms with Gasteiger partial charge < -0.3 is 4.74 Å². The van der Waals surface area contributed by atoms with E-state index in [0.717, 1.165) is 0 Å². The van der Waals surface area contributed by atoms with E-state index >= 15 is 0 Å². The van der Waals surface area contributed by atoms with Gasteiger partial charge in [-0.3, -0.25) is 4.79 Å². The molecular formula is C15H22N2O2. The Hall–Kier alpha value is -1.84. The Morgan fingerprint density at radius 3 is 2.42 bits per heavy atom. The Morgan fingerprint density at radius 1 is 1.26 bits per heavy atom. The molecule has 0 aliphatic carbocycles. The summed E-state index contributed by atoms with van der Waals surface area (Å²) in [6, 6.07) is 7.77. The van der Waals surface area contributed by atoms with Crippen LogP contribution in [0.4, 0.5) is 0 Å². The standard InChI is InChI=1S/C15H22N2O2/c1-11(2)9-16-17-15(18)10-19-14-7-5-13(6-8-14)12(3)4/h5-9,11-12H,10H2,1-4H3,(H,17,18). The van der Waals surface area contributed by atoms with Crippen LogP contribution in [0.25, 0.3) is 0 Å². The van der Waals surface area contributed by atoms with Gasteiger partial charge in [0.25, 0.3) is 5.91 Å². The fraction of sp³-hybridized carbons (Fsp3) is 0.467. The van der Waals surface area contributed by atoms with E-state index in [0.29, 0.717) is 17.6 Å². The number of hydrogen-bond donors (Lipinski definition) is 1. The lowest BCUT2D eigenvalue weighted by Gasteiger charge is -2.08. The number of rotatable bonds is 6. The van der Waals surface area contributed by atoms with Gasteiger partial charge in [-0.2, -0.15) is 5.10 Å². The summed E-state index contributed by atoms with van der Waals surface area (Å²) >= 11 is 0. The maximum atomic E-state index is 11.4.